The van der Waals surface area contributed by atoms with Crippen molar-refractivity contribution in [3.8, 4) is 0 Å². The zero-order valence-electron chi connectivity index (χ0n) is 10.9. The fraction of sp³-hybridized carbons (Fsp3) is 0.571. The van der Waals surface area contributed by atoms with Crippen LogP contribution in [-0.2, 0) is 5.41 Å². The van der Waals surface area contributed by atoms with Gasteiger partial charge in [0.05, 0.1) is 6.00 Å². The molecule has 0 aliphatic carbocycles. The molecule has 0 saturated carbocycles. The van der Waals surface area contributed by atoms with Crippen molar-refractivity contribution < 1.29 is 0 Å². The average molecular weight is 240 g/mol. The molecule has 1 aromatic carbocycles. The van der Waals surface area contributed by atoms with Gasteiger partial charge in [-0.25, -0.2) is 0 Å². The first-order valence-corrected chi connectivity index (χ1v) is 6.27. The van der Waals surface area contributed by atoms with E-state index in [1.54, 1.807) is 0 Å². The van der Waals surface area contributed by atoms with Crippen molar-refractivity contribution >= 4 is 11.6 Å². The predicted molar refractivity (Wildman–Crippen MR) is 72.4 cm³/mol. The summed E-state index contributed by atoms with van der Waals surface area (Å²) in [5.74, 6) is 0. The fourth-order valence-electron chi connectivity index (χ4n) is 2.70. The van der Waals surface area contributed by atoms with E-state index in [4.69, 9.17) is 11.6 Å². The fourth-order valence-corrected chi connectivity index (χ4v) is 2.79. The molecule has 0 fully saturated rings. The Labute approximate surface area is 104 Å². The minimum atomic E-state index is 0.122. The minimum Gasteiger partial charge on any atom is -0.303 e. The molecule has 0 aromatic heterocycles. The number of benzene rings is 1. The molecule has 0 spiro atoms. The summed E-state index contributed by atoms with van der Waals surface area (Å²) in [6.07, 6.45) is 0. The standard InChI is InChI=1S/C14H22ClN/c1-10-6-11(2)13(12(3)7-10)14(4,5)8-16-9-15/h6-7,16H,8-9H2,1-5H3. The lowest BCUT2D eigenvalue weighted by molar-refractivity contribution is 0.484. The van der Waals surface area contributed by atoms with Gasteiger partial charge in [-0.1, -0.05) is 31.5 Å². The summed E-state index contributed by atoms with van der Waals surface area (Å²) in [6, 6.07) is 5.02. The summed E-state index contributed by atoms with van der Waals surface area (Å²) in [5, 5.41) is 3.22. The topological polar surface area (TPSA) is 12.0 Å². The Morgan fingerprint density at radius 3 is 2.06 bits per heavy atom. The van der Waals surface area contributed by atoms with Gasteiger partial charge in [0.1, 0.15) is 0 Å². The highest BCUT2D eigenvalue weighted by atomic mass is 35.5. The second-order valence-electron chi connectivity index (χ2n) is 5.22. The van der Waals surface area contributed by atoms with Crippen molar-refractivity contribution in [1.29, 1.82) is 0 Å². The molecule has 0 aliphatic heterocycles. The van der Waals surface area contributed by atoms with E-state index in [0.717, 1.165) is 6.54 Å². The first-order chi connectivity index (χ1) is 7.38. The Morgan fingerprint density at radius 1 is 1.12 bits per heavy atom. The number of aryl methyl sites for hydroxylation is 3. The maximum atomic E-state index is 5.69. The van der Waals surface area contributed by atoms with Crippen molar-refractivity contribution in [3.05, 3.63) is 34.4 Å². The number of nitrogens with one attached hydrogen (secondary N) is 1. The van der Waals surface area contributed by atoms with E-state index in [9.17, 15) is 0 Å². The number of alkyl halides is 1. The van der Waals surface area contributed by atoms with Crippen LogP contribution in [0, 0.1) is 20.8 Å². The normalized spacial score (nSPS) is 11.9. The number of hydrogen-bond acceptors (Lipinski definition) is 1. The van der Waals surface area contributed by atoms with E-state index < -0.39 is 0 Å². The number of halogens is 1. The van der Waals surface area contributed by atoms with Gasteiger partial charge in [-0.05, 0) is 37.5 Å². The van der Waals surface area contributed by atoms with Gasteiger partial charge in [0.2, 0.25) is 0 Å². The first kappa shape index (κ1) is 13.5. The average Bonchev–Trinajstić information content (AvgIpc) is 2.12. The summed E-state index contributed by atoms with van der Waals surface area (Å²) in [6.45, 7) is 12.0. The summed E-state index contributed by atoms with van der Waals surface area (Å²) in [4.78, 5) is 0. The van der Waals surface area contributed by atoms with Gasteiger partial charge in [0, 0.05) is 12.0 Å². The van der Waals surface area contributed by atoms with Crippen molar-refractivity contribution in [2.24, 2.45) is 0 Å². The molecule has 1 aromatic rings. The Hall–Kier alpha value is -0.530. The van der Waals surface area contributed by atoms with E-state index >= 15 is 0 Å². The lowest BCUT2D eigenvalue weighted by Crippen LogP contribution is -2.33. The predicted octanol–water partition coefficient (Wildman–Crippen LogP) is 3.68. The number of hydrogen-bond donors (Lipinski definition) is 1. The Morgan fingerprint density at radius 2 is 1.62 bits per heavy atom. The molecule has 1 N–H and O–H groups in total. The highest BCUT2D eigenvalue weighted by molar-refractivity contribution is 6.17. The monoisotopic (exact) mass is 239 g/mol. The second-order valence-corrected chi connectivity index (χ2v) is 5.49. The highest BCUT2D eigenvalue weighted by Gasteiger charge is 2.23. The summed E-state index contributed by atoms with van der Waals surface area (Å²) in [5.41, 5.74) is 5.64. The summed E-state index contributed by atoms with van der Waals surface area (Å²) in [7, 11) is 0. The van der Waals surface area contributed by atoms with E-state index in [-0.39, 0.29) is 5.41 Å². The second kappa shape index (κ2) is 5.20. The maximum Gasteiger partial charge on any atom is 0.0713 e. The van der Waals surface area contributed by atoms with Crippen LogP contribution in [0.3, 0.4) is 0 Å². The van der Waals surface area contributed by atoms with Crippen molar-refractivity contribution in [1.82, 2.24) is 5.32 Å². The molecule has 0 radical (unpaired) electrons. The van der Waals surface area contributed by atoms with Gasteiger partial charge in [0.25, 0.3) is 0 Å². The van der Waals surface area contributed by atoms with E-state index in [0.29, 0.717) is 6.00 Å². The largest absolute Gasteiger partial charge is 0.303 e. The molecular formula is C14H22ClN. The molecule has 0 bridgehead atoms. The van der Waals surface area contributed by atoms with Crippen molar-refractivity contribution in [2.45, 2.75) is 40.0 Å². The van der Waals surface area contributed by atoms with Gasteiger partial charge in [-0.2, -0.15) is 0 Å². The third-order valence-electron chi connectivity index (χ3n) is 3.02. The van der Waals surface area contributed by atoms with Crippen LogP contribution in [0.15, 0.2) is 12.1 Å². The van der Waals surface area contributed by atoms with Gasteiger partial charge < -0.3 is 5.32 Å². The van der Waals surface area contributed by atoms with Crippen LogP contribution in [0.2, 0.25) is 0 Å². The summed E-state index contributed by atoms with van der Waals surface area (Å²) >= 11 is 5.69. The van der Waals surface area contributed by atoms with Gasteiger partial charge in [0.15, 0.2) is 0 Å². The van der Waals surface area contributed by atoms with Crippen LogP contribution in [0.25, 0.3) is 0 Å². The molecule has 16 heavy (non-hydrogen) atoms. The van der Waals surface area contributed by atoms with Crippen LogP contribution < -0.4 is 5.32 Å². The Bertz CT molecular complexity index is 346. The molecule has 0 aliphatic rings. The van der Waals surface area contributed by atoms with E-state index in [2.05, 4.69) is 52.1 Å². The van der Waals surface area contributed by atoms with Crippen LogP contribution >= 0.6 is 11.6 Å². The van der Waals surface area contributed by atoms with Crippen molar-refractivity contribution in [3.63, 3.8) is 0 Å². The van der Waals surface area contributed by atoms with Gasteiger partial charge in [-0.15, -0.1) is 11.6 Å². The third kappa shape index (κ3) is 2.99. The lowest BCUT2D eigenvalue weighted by Gasteiger charge is -2.29. The number of rotatable bonds is 4. The maximum absolute atomic E-state index is 5.69. The van der Waals surface area contributed by atoms with E-state index in [1.165, 1.54) is 22.3 Å². The zero-order chi connectivity index (χ0) is 12.3. The zero-order valence-corrected chi connectivity index (χ0v) is 11.7. The van der Waals surface area contributed by atoms with Crippen LogP contribution in [-0.4, -0.2) is 12.5 Å². The molecule has 2 heteroatoms. The summed E-state index contributed by atoms with van der Waals surface area (Å²) < 4.78 is 0. The molecule has 1 rings (SSSR count). The van der Waals surface area contributed by atoms with Gasteiger partial charge in [-0.3, -0.25) is 0 Å². The lowest BCUT2D eigenvalue weighted by atomic mass is 9.79. The minimum absolute atomic E-state index is 0.122. The quantitative estimate of drug-likeness (QED) is 0.625. The molecular weight excluding hydrogens is 218 g/mol. The van der Waals surface area contributed by atoms with Crippen molar-refractivity contribution in [2.75, 3.05) is 12.5 Å². The molecule has 0 atom stereocenters. The van der Waals surface area contributed by atoms with Gasteiger partial charge >= 0.3 is 0 Å². The highest BCUT2D eigenvalue weighted by Crippen LogP contribution is 2.29. The molecule has 90 valence electrons. The molecule has 0 saturated heterocycles. The molecule has 1 nitrogen and oxygen atoms in total. The van der Waals surface area contributed by atoms with Crippen LogP contribution in [0.1, 0.15) is 36.1 Å². The Balaban J connectivity index is 3.11. The molecule has 0 amide bonds. The molecule has 0 unspecified atom stereocenters. The smallest absolute Gasteiger partial charge is 0.0713 e. The molecule has 0 heterocycles. The van der Waals surface area contributed by atoms with Crippen LogP contribution in [0.5, 0.6) is 0 Å². The van der Waals surface area contributed by atoms with Crippen LogP contribution in [0.4, 0.5) is 0 Å². The SMILES string of the molecule is Cc1cc(C)c(C(C)(C)CNCCl)c(C)c1. The first-order valence-electron chi connectivity index (χ1n) is 5.73. The van der Waals surface area contributed by atoms with E-state index in [1.807, 2.05) is 0 Å². The Kier molecular flexibility index (Phi) is 4.40. The third-order valence-corrected chi connectivity index (χ3v) is 3.20.